The number of allylic oxidation sites excluding steroid dienone is 2. The number of ether oxygens (including phenoxy) is 3. The van der Waals surface area contributed by atoms with Crippen molar-refractivity contribution in [2.45, 2.75) is 38.6 Å². The van der Waals surface area contributed by atoms with Crippen LogP contribution in [-0.4, -0.2) is 44.7 Å². The predicted octanol–water partition coefficient (Wildman–Crippen LogP) is 1.02. The minimum absolute atomic E-state index is 0.0271. The van der Waals surface area contributed by atoms with Gasteiger partial charge in [-0.15, -0.1) is 11.3 Å². The van der Waals surface area contributed by atoms with Crippen molar-refractivity contribution in [1.29, 1.82) is 0 Å². The molecule has 1 aliphatic carbocycles. The third kappa shape index (κ3) is 4.10. The van der Waals surface area contributed by atoms with Crippen LogP contribution in [0.2, 0.25) is 0 Å². The summed E-state index contributed by atoms with van der Waals surface area (Å²) in [4.78, 5) is 27.9. The molecule has 1 atom stereocenters. The van der Waals surface area contributed by atoms with Gasteiger partial charge in [-0.1, -0.05) is 0 Å². The molecule has 0 amide bonds. The number of quaternary nitrogens is 1. The first-order valence-corrected chi connectivity index (χ1v) is 11.1. The van der Waals surface area contributed by atoms with Gasteiger partial charge in [0, 0.05) is 28.9 Å². The number of thiophene rings is 1. The summed E-state index contributed by atoms with van der Waals surface area (Å²) in [6.45, 7) is 6.41. The number of carbonyl (C=O) groups is 2. The van der Waals surface area contributed by atoms with Crippen molar-refractivity contribution in [2.75, 3.05) is 32.9 Å². The van der Waals surface area contributed by atoms with Gasteiger partial charge < -0.3 is 24.8 Å². The summed E-state index contributed by atoms with van der Waals surface area (Å²) in [7, 11) is 0. The van der Waals surface area contributed by atoms with Gasteiger partial charge in [-0.25, -0.2) is 4.79 Å². The normalized spacial score (nSPS) is 23.1. The molecular weight excluding hydrogens is 392 g/mol. The van der Waals surface area contributed by atoms with Gasteiger partial charge in [0.25, 0.3) is 0 Å². The van der Waals surface area contributed by atoms with Gasteiger partial charge in [-0.2, -0.15) is 0 Å². The fourth-order valence-corrected chi connectivity index (χ4v) is 5.24. The highest BCUT2D eigenvalue weighted by Crippen LogP contribution is 2.45. The molecule has 1 aromatic heterocycles. The Hall–Kier alpha value is -2.16. The quantitative estimate of drug-likeness (QED) is 0.693. The second-order valence-corrected chi connectivity index (χ2v) is 8.49. The fourth-order valence-electron chi connectivity index (χ4n) is 4.21. The molecule has 0 bridgehead atoms. The Morgan fingerprint density at radius 3 is 2.90 bits per heavy atom. The van der Waals surface area contributed by atoms with Crippen LogP contribution in [0, 0.1) is 0 Å². The van der Waals surface area contributed by atoms with Crippen LogP contribution in [0.5, 0.6) is 0 Å². The number of nitrogens with two attached hydrogens (primary N) is 1. The first kappa shape index (κ1) is 20.1. The zero-order valence-corrected chi connectivity index (χ0v) is 17.4. The molecule has 1 fully saturated rings. The van der Waals surface area contributed by atoms with E-state index in [1.54, 1.807) is 18.3 Å². The smallest absolute Gasteiger partial charge is 0.340 e. The summed E-state index contributed by atoms with van der Waals surface area (Å²) >= 11 is 1.56. The average Bonchev–Trinajstić information content (AvgIpc) is 3.16. The van der Waals surface area contributed by atoms with Crippen molar-refractivity contribution < 1.29 is 28.7 Å². The molecule has 7 nitrogen and oxygen atoms in total. The van der Waals surface area contributed by atoms with Crippen LogP contribution in [-0.2, 0) is 30.3 Å². The first-order valence-electron chi connectivity index (χ1n) is 10.2. The second kappa shape index (κ2) is 8.69. The molecule has 29 heavy (non-hydrogen) atoms. The molecular formula is C21H27N2O5S+. The number of morpholine rings is 1. The number of Topliss-reactive ketones (excluding diaryl/α,β-unsaturated/α-hetero) is 1. The highest BCUT2D eigenvalue weighted by Gasteiger charge is 2.42. The van der Waals surface area contributed by atoms with Crippen LogP contribution in [0.1, 0.15) is 42.5 Å². The maximum absolute atomic E-state index is 12.8. The summed E-state index contributed by atoms with van der Waals surface area (Å²) in [6.07, 6.45) is 1.86. The Labute approximate surface area is 174 Å². The van der Waals surface area contributed by atoms with Crippen LogP contribution >= 0.6 is 11.3 Å². The van der Waals surface area contributed by atoms with E-state index in [9.17, 15) is 9.59 Å². The number of esters is 1. The van der Waals surface area contributed by atoms with E-state index in [2.05, 4.69) is 11.4 Å². The van der Waals surface area contributed by atoms with Crippen molar-refractivity contribution in [3.63, 3.8) is 0 Å². The highest BCUT2D eigenvalue weighted by molar-refractivity contribution is 7.10. The van der Waals surface area contributed by atoms with Crippen LogP contribution < -0.4 is 10.6 Å². The van der Waals surface area contributed by atoms with Crippen LogP contribution in [0.3, 0.4) is 0 Å². The molecule has 0 aromatic carbocycles. The van der Waals surface area contributed by atoms with E-state index < -0.39 is 11.9 Å². The van der Waals surface area contributed by atoms with Crippen LogP contribution in [0.15, 0.2) is 34.2 Å². The predicted molar refractivity (Wildman–Crippen MR) is 107 cm³/mol. The van der Waals surface area contributed by atoms with E-state index in [4.69, 9.17) is 19.9 Å². The van der Waals surface area contributed by atoms with Crippen molar-refractivity contribution in [2.24, 2.45) is 5.73 Å². The van der Waals surface area contributed by atoms with Gasteiger partial charge in [-0.05, 0) is 24.8 Å². The molecule has 8 heteroatoms. The zero-order chi connectivity index (χ0) is 20.4. The van der Waals surface area contributed by atoms with E-state index in [-0.39, 0.29) is 23.8 Å². The molecule has 0 radical (unpaired) electrons. The molecule has 0 saturated carbocycles. The molecule has 1 aromatic rings. The van der Waals surface area contributed by atoms with E-state index in [1.807, 2.05) is 0 Å². The lowest BCUT2D eigenvalue weighted by molar-refractivity contribution is -0.921. The van der Waals surface area contributed by atoms with Crippen molar-refractivity contribution in [3.8, 4) is 0 Å². The monoisotopic (exact) mass is 419 g/mol. The number of hydrogen-bond acceptors (Lipinski definition) is 7. The number of ketones is 1. The van der Waals surface area contributed by atoms with Gasteiger partial charge in [-0.3, -0.25) is 4.79 Å². The standard InChI is InChI=1S/C21H26N2O5S/c1-2-27-21(25)19-18(17-14(24)4-3-5-15(17)28-20(19)22)16-10-13(12-29-16)11-23-6-8-26-9-7-23/h10,12,18H,2-9,11,22H2,1H3/p+1/t18-/m1/s1. The third-order valence-electron chi connectivity index (χ3n) is 5.59. The van der Waals surface area contributed by atoms with Gasteiger partial charge in [0.05, 0.1) is 25.7 Å². The maximum atomic E-state index is 12.8. The van der Waals surface area contributed by atoms with E-state index in [1.165, 1.54) is 10.5 Å². The zero-order valence-electron chi connectivity index (χ0n) is 16.6. The van der Waals surface area contributed by atoms with Gasteiger partial charge in [0.1, 0.15) is 31.0 Å². The fraction of sp³-hybridized carbons (Fsp3) is 0.524. The number of carbonyl (C=O) groups excluding carboxylic acids is 2. The van der Waals surface area contributed by atoms with Crippen molar-refractivity contribution >= 4 is 23.1 Å². The Balaban J connectivity index is 1.68. The summed E-state index contributed by atoms with van der Waals surface area (Å²) in [5.41, 5.74) is 8.15. The highest BCUT2D eigenvalue weighted by atomic mass is 32.1. The Morgan fingerprint density at radius 1 is 1.34 bits per heavy atom. The van der Waals surface area contributed by atoms with Crippen molar-refractivity contribution in [1.82, 2.24) is 0 Å². The SMILES string of the molecule is CCOC(=O)C1=C(N)OC2=C(C(=O)CCC2)[C@H]1c1cc(C[NH+]2CCOCC2)cs1. The summed E-state index contributed by atoms with van der Waals surface area (Å²) < 4.78 is 16.4. The van der Waals surface area contributed by atoms with E-state index in [0.717, 1.165) is 44.1 Å². The van der Waals surface area contributed by atoms with E-state index >= 15 is 0 Å². The maximum Gasteiger partial charge on any atom is 0.340 e. The second-order valence-electron chi connectivity index (χ2n) is 7.54. The molecule has 2 aliphatic heterocycles. The number of nitrogens with one attached hydrogen (secondary N) is 1. The van der Waals surface area contributed by atoms with Crippen LogP contribution in [0.4, 0.5) is 0 Å². The molecule has 3 aliphatic rings. The van der Waals surface area contributed by atoms with Gasteiger partial charge in [0.2, 0.25) is 5.88 Å². The minimum Gasteiger partial charge on any atom is -0.462 e. The first-order chi connectivity index (χ1) is 14.1. The summed E-state index contributed by atoms with van der Waals surface area (Å²) in [6, 6.07) is 2.10. The lowest BCUT2D eigenvalue weighted by Gasteiger charge is -2.31. The average molecular weight is 420 g/mol. The third-order valence-corrected chi connectivity index (χ3v) is 6.64. The lowest BCUT2D eigenvalue weighted by atomic mass is 9.80. The molecule has 1 saturated heterocycles. The Kier molecular flexibility index (Phi) is 6.03. The molecule has 4 rings (SSSR count). The van der Waals surface area contributed by atoms with Crippen molar-refractivity contribution in [3.05, 3.63) is 44.7 Å². The summed E-state index contributed by atoms with van der Waals surface area (Å²) in [5, 5.41) is 2.11. The topological polar surface area (TPSA) is 92.3 Å². The Bertz CT molecular complexity index is 866. The van der Waals surface area contributed by atoms with Gasteiger partial charge in [0.15, 0.2) is 5.78 Å². The molecule has 3 heterocycles. The molecule has 156 valence electrons. The number of rotatable bonds is 5. The largest absolute Gasteiger partial charge is 0.462 e. The lowest BCUT2D eigenvalue weighted by Crippen LogP contribution is -3.12. The molecule has 0 unspecified atom stereocenters. The molecule has 3 N–H and O–H groups in total. The van der Waals surface area contributed by atoms with Gasteiger partial charge >= 0.3 is 5.97 Å². The minimum atomic E-state index is -0.520. The summed E-state index contributed by atoms with van der Waals surface area (Å²) in [5.74, 6) is -0.349. The Morgan fingerprint density at radius 2 is 2.14 bits per heavy atom. The van der Waals surface area contributed by atoms with Crippen LogP contribution in [0.25, 0.3) is 0 Å². The number of hydrogen-bond donors (Lipinski definition) is 2. The molecule has 0 spiro atoms. The van der Waals surface area contributed by atoms with E-state index in [0.29, 0.717) is 24.2 Å².